The molecule has 0 aliphatic carbocycles. The van der Waals surface area contributed by atoms with Crippen molar-refractivity contribution in [3.8, 4) is 0 Å². The van der Waals surface area contributed by atoms with Crippen LogP contribution in [0, 0.1) is 0 Å². The first-order valence-corrected chi connectivity index (χ1v) is 4.14. The zero-order valence-corrected chi connectivity index (χ0v) is 7.08. The molecule has 0 spiro atoms. The van der Waals surface area contributed by atoms with Gasteiger partial charge in [0, 0.05) is 6.42 Å². The molecule has 1 atom stereocenters. The molecule has 12 heavy (non-hydrogen) atoms. The Morgan fingerprint density at radius 1 is 1.58 bits per heavy atom. The largest absolute Gasteiger partial charge is 0.452 e. The molecule has 1 aliphatic heterocycles. The lowest BCUT2D eigenvalue weighted by atomic mass is 10.1. The lowest BCUT2D eigenvalue weighted by molar-refractivity contribution is -0.160. The number of carbonyl (C=O) groups is 2. The van der Waals surface area contributed by atoms with Crippen LogP contribution in [0.15, 0.2) is 12.2 Å². The molecule has 0 amide bonds. The van der Waals surface area contributed by atoms with Crippen molar-refractivity contribution in [2.45, 2.75) is 32.3 Å². The van der Waals surface area contributed by atoms with Crippen molar-refractivity contribution in [1.29, 1.82) is 0 Å². The molecule has 1 unspecified atom stereocenters. The molecule has 3 nitrogen and oxygen atoms in total. The summed E-state index contributed by atoms with van der Waals surface area (Å²) in [5, 5.41) is 0. The molecular formula is C9H12O3. The van der Waals surface area contributed by atoms with E-state index in [0.29, 0.717) is 12.8 Å². The molecule has 0 radical (unpaired) electrons. The normalized spacial score (nSPS) is 24.6. The van der Waals surface area contributed by atoms with Gasteiger partial charge in [0.15, 0.2) is 0 Å². The van der Waals surface area contributed by atoms with Crippen LogP contribution in [0.1, 0.15) is 26.2 Å². The minimum absolute atomic E-state index is 0.185. The van der Waals surface area contributed by atoms with Gasteiger partial charge in [-0.1, -0.05) is 13.0 Å². The summed E-state index contributed by atoms with van der Waals surface area (Å²) in [6.07, 6.45) is 5.45. The third-order valence-electron chi connectivity index (χ3n) is 1.73. The number of Topliss-reactive ketones (excluding diaryl/α,β-unsaturated/α-hetero) is 1. The van der Waals surface area contributed by atoms with Crippen LogP contribution in [0.2, 0.25) is 0 Å². The first-order chi connectivity index (χ1) is 5.74. The highest BCUT2D eigenvalue weighted by atomic mass is 16.5. The Hall–Kier alpha value is -1.12. The number of ketones is 1. The van der Waals surface area contributed by atoms with E-state index in [1.54, 1.807) is 0 Å². The van der Waals surface area contributed by atoms with Gasteiger partial charge in [0.2, 0.25) is 5.78 Å². The second-order valence-corrected chi connectivity index (χ2v) is 2.74. The Bertz CT molecular complexity index is 218. The number of hydrogen-bond donors (Lipinski definition) is 0. The Balaban J connectivity index is 2.45. The van der Waals surface area contributed by atoms with E-state index >= 15 is 0 Å². The van der Waals surface area contributed by atoms with Crippen molar-refractivity contribution in [1.82, 2.24) is 0 Å². The minimum atomic E-state index is -0.688. The van der Waals surface area contributed by atoms with Crippen LogP contribution >= 0.6 is 0 Å². The fraction of sp³-hybridized carbons (Fsp3) is 0.556. The Morgan fingerprint density at radius 2 is 2.33 bits per heavy atom. The lowest BCUT2D eigenvalue weighted by Gasteiger charge is -2.17. The van der Waals surface area contributed by atoms with E-state index in [0.717, 1.165) is 6.42 Å². The van der Waals surface area contributed by atoms with E-state index in [9.17, 15) is 9.59 Å². The van der Waals surface area contributed by atoms with Crippen molar-refractivity contribution in [3.05, 3.63) is 12.2 Å². The average molecular weight is 168 g/mol. The second kappa shape index (κ2) is 4.04. The SMILES string of the molecule is CC/C=C/C1CCC(=O)C(=O)O1. The van der Waals surface area contributed by atoms with Gasteiger partial charge in [0.05, 0.1) is 0 Å². The Kier molecular flexibility index (Phi) is 3.02. The number of cyclic esters (lactones) is 1. The van der Waals surface area contributed by atoms with Crippen LogP contribution in [-0.2, 0) is 14.3 Å². The summed E-state index contributed by atoms with van der Waals surface area (Å²) in [6, 6.07) is 0. The summed E-state index contributed by atoms with van der Waals surface area (Å²) in [4.78, 5) is 21.5. The van der Waals surface area contributed by atoms with Gasteiger partial charge in [0.1, 0.15) is 6.10 Å². The Labute approximate surface area is 71.4 Å². The molecule has 0 saturated carbocycles. The van der Waals surface area contributed by atoms with E-state index < -0.39 is 11.8 Å². The summed E-state index contributed by atoms with van der Waals surface area (Å²) in [5.74, 6) is -1.09. The molecule has 1 rings (SSSR count). The summed E-state index contributed by atoms with van der Waals surface area (Å²) in [7, 11) is 0. The van der Waals surface area contributed by atoms with Crippen molar-refractivity contribution in [3.63, 3.8) is 0 Å². The number of carbonyl (C=O) groups excluding carboxylic acids is 2. The van der Waals surface area contributed by atoms with Crippen LogP contribution in [0.25, 0.3) is 0 Å². The van der Waals surface area contributed by atoms with Crippen molar-refractivity contribution in [2.24, 2.45) is 0 Å². The first-order valence-electron chi connectivity index (χ1n) is 4.14. The van der Waals surface area contributed by atoms with Gasteiger partial charge in [0.25, 0.3) is 0 Å². The summed E-state index contributed by atoms with van der Waals surface area (Å²) >= 11 is 0. The van der Waals surface area contributed by atoms with Gasteiger partial charge in [-0.2, -0.15) is 0 Å². The molecule has 3 heteroatoms. The van der Waals surface area contributed by atoms with Crippen LogP contribution in [0.3, 0.4) is 0 Å². The predicted molar refractivity (Wildman–Crippen MR) is 43.6 cm³/mol. The highest BCUT2D eigenvalue weighted by molar-refractivity contribution is 6.34. The number of hydrogen-bond acceptors (Lipinski definition) is 3. The van der Waals surface area contributed by atoms with E-state index in [4.69, 9.17) is 4.74 Å². The molecule has 0 N–H and O–H groups in total. The molecular weight excluding hydrogens is 156 g/mol. The lowest BCUT2D eigenvalue weighted by Crippen LogP contribution is -2.29. The maximum atomic E-state index is 10.8. The minimum Gasteiger partial charge on any atom is -0.452 e. The van der Waals surface area contributed by atoms with Crippen LogP contribution in [-0.4, -0.2) is 17.9 Å². The third kappa shape index (κ3) is 2.19. The zero-order chi connectivity index (χ0) is 8.97. The van der Waals surface area contributed by atoms with Crippen LogP contribution in [0.5, 0.6) is 0 Å². The van der Waals surface area contributed by atoms with E-state index in [1.165, 1.54) is 0 Å². The highest BCUT2D eigenvalue weighted by Crippen LogP contribution is 2.12. The summed E-state index contributed by atoms with van der Waals surface area (Å²) in [6.45, 7) is 2.01. The van der Waals surface area contributed by atoms with E-state index in [2.05, 4.69) is 0 Å². The maximum absolute atomic E-state index is 10.8. The maximum Gasteiger partial charge on any atom is 0.375 e. The van der Waals surface area contributed by atoms with Crippen molar-refractivity contribution < 1.29 is 14.3 Å². The topological polar surface area (TPSA) is 43.4 Å². The standard InChI is InChI=1S/C9H12O3/c1-2-3-4-7-5-6-8(10)9(11)12-7/h3-4,7H,2,5-6H2,1H3/b4-3+. The third-order valence-corrected chi connectivity index (χ3v) is 1.73. The predicted octanol–water partition coefficient (Wildman–Crippen LogP) is 1.23. The van der Waals surface area contributed by atoms with Gasteiger partial charge < -0.3 is 4.74 Å². The van der Waals surface area contributed by atoms with Gasteiger partial charge in [-0.3, -0.25) is 4.79 Å². The second-order valence-electron chi connectivity index (χ2n) is 2.74. The molecule has 0 aromatic heterocycles. The van der Waals surface area contributed by atoms with Crippen molar-refractivity contribution >= 4 is 11.8 Å². The number of ether oxygens (including phenoxy) is 1. The smallest absolute Gasteiger partial charge is 0.375 e. The van der Waals surface area contributed by atoms with E-state index in [-0.39, 0.29) is 6.10 Å². The molecule has 1 heterocycles. The zero-order valence-electron chi connectivity index (χ0n) is 7.08. The van der Waals surface area contributed by atoms with Crippen LogP contribution in [0.4, 0.5) is 0 Å². The first kappa shape index (κ1) is 8.97. The monoisotopic (exact) mass is 168 g/mol. The highest BCUT2D eigenvalue weighted by Gasteiger charge is 2.25. The number of esters is 1. The van der Waals surface area contributed by atoms with Crippen molar-refractivity contribution in [2.75, 3.05) is 0 Å². The molecule has 1 aliphatic rings. The summed E-state index contributed by atoms with van der Waals surface area (Å²) < 4.78 is 4.83. The van der Waals surface area contributed by atoms with Gasteiger partial charge >= 0.3 is 5.97 Å². The van der Waals surface area contributed by atoms with Gasteiger partial charge in [-0.15, -0.1) is 0 Å². The Morgan fingerprint density at radius 3 is 2.92 bits per heavy atom. The van der Waals surface area contributed by atoms with E-state index in [1.807, 2.05) is 19.1 Å². The summed E-state index contributed by atoms with van der Waals surface area (Å²) in [5.41, 5.74) is 0. The number of rotatable bonds is 2. The fourth-order valence-corrected chi connectivity index (χ4v) is 1.06. The average Bonchev–Trinajstić information content (AvgIpc) is 2.07. The molecule has 1 saturated heterocycles. The van der Waals surface area contributed by atoms with Gasteiger partial charge in [-0.25, -0.2) is 4.79 Å². The fourth-order valence-electron chi connectivity index (χ4n) is 1.06. The molecule has 0 aromatic carbocycles. The molecule has 66 valence electrons. The molecule has 0 aromatic rings. The van der Waals surface area contributed by atoms with Gasteiger partial charge in [-0.05, 0) is 18.9 Å². The van der Waals surface area contributed by atoms with Crippen LogP contribution < -0.4 is 0 Å². The molecule has 0 bridgehead atoms. The number of allylic oxidation sites excluding steroid dienone is 1. The quantitative estimate of drug-likeness (QED) is 0.354. The molecule has 1 fully saturated rings.